The molecule has 0 radical (unpaired) electrons. The normalized spacial score (nSPS) is 10.2. The summed E-state index contributed by atoms with van der Waals surface area (Å²) in [6, 6.07) is 8.92. The number of ether oxygens (including phenoxy) is 2. The Morgan fingerprint density at radius 3 is 2.56 bits per heavy atom. The van der Waals surface area contributed by atoms with E-state index in [-0.39, 0.29) is 18.5 Å². The Hall–Kier alpha value is -1.88. The molecular weight excluding hydrogens is 232 g/mol. The number of rotatable bonds is 5. The van der Waals surface area contributed by atoms with E-state index in [1.54, 1.807) is 24.3 Å². The van der Waals surface area contributed by atoms with Crippen molar-refractivity contribution in [1.82, 2.24) is 5.32 Å². The molecule has 0 fully saturated rings. The van der Waals surface area contributed by atoms with Gasteiger partial charge < -0.3 is 9.47 Å². The van der Waals surface area contributed by atoms with Crippen LogP contribution in [0.4, 0.5) is 4.79 Å². The summed E-state index contributed by atoms with van der Waals surface area (Å²) in [5.41, 5.74) is 0.632. The van der Waals surface area contributed by atoms with Crippen LogP contribution in [0.2, 0.25) is 0 Å². The first-order valence-electron chi connectivity index (χ1n) is 5.79. The zero-order valence-corrected chi connectivity index (χ0v) is 10.6. The SMILES string of the molecule is CC(C)OCCOC(=O)NC(=N)c1ccccc1. The van der Waals surface area contributed by atoms with Crippen LogP contribution in [-0.2, 0) is 9.47 Å². The Labute approximate surface area is 107 Å². The smallest absolute Gasteiger partial charge is 0.412 e. The largest absolute Gasteiger partial charge is 0.447 e. The molecule has 0 unspecified atom stereocenters. The van der Waals surface area contributed by atoms with Crippen LogP contribution in [0.5, 0.6) is 0 Å². The highest BCUT2D eigenvalue weighted by molar-refractivity contribution is 6.04. The molecule has 0 saturated heterocycles. The third-order valence-corrected chi connectivity index (χ3v) is 2.06. The lowest BCUT2D eigenvalue weighted by Crippen LogP contribution is -2.31. The molecule has 0 aliphatic heterocycles. The summed E-state index contributed by atoms with van der Waals surface area (Å²) in [6.45, 7) is 4.34. The fourth-order valence-corrected chi connectivity index (χ4v) is 1.23. The van der Waals surface area contributed by atoms with Crippen molar-refractivity contribution in [1.29, 1.82) is 5.41 Å². The number of hydrogen-bond donors (Lipinski definition) is 2. The first kappa shape index (κ1) is 14.2. The molecule has 1 aromatic rings. The summed E-state index contributed by atoms with van der Waals surface area (Å²) >= 11 is 0. The Morgan fingerprint density at radius 1 is 1.28 bits per heavy atom. The van der Waals surface area contributed by atoms with Gasteiger partial charge in [-0.15, -0.1) is 0 Å². The molecule has 1 amide bonds. The van der Waals surface area contributed by atoms with Gasteiger partial charge in [0.15, 0.2) is 0 Å². The van der Waals surface area contributed by atoms with Crippen molar-refractivity contribution in [3.8, 4) is 0 Å². The van der Waals surface area contributed by atoms with Gasteiger partial charge in [-0.2, -0.15) is 0 Å². The van der Waals surface area contributed by atoms with Crippen molar-refractivity contribution in [2.75, 3.05) is 13.2 Å². The van der Waals surface area contributed by atoms with Crippen LogP contribution in [0, 0.1) is 5.41 Å². The minimum Gasteiger partial charge on any atom is -0.447 e. The second kappa shape index (κ2) is 7.45. The van der Waals surface area contributed by atoms with Gasteiger partial charge in [-0.3, -0.25) is 10.7 Å². The van der Waals surface area contributed by atoms with Crippen LogP contribution >= 0.6 is 0 Å². The maximum atomic E-state index is 11.3. The van der Waals surface area contributed by atoms with Gasteiger partial charge in [0.05, 0.1) is 12.7 Å². The fourth-order valence-electron chi connectivity index (χ4n) is 1.23. The number of hydrogen-bond acceptors (Lipinski definition) is 4. The summed E-state index contributed by atoms with van der Waals surface area (Å²) in [5, 5.41) is 10.0. The van der Waals surface area contributed by atoms with E-state index in [0.29, 0.717) is 12.2 Å². The van der Waals surface area contributed by atoms with E-state index in [2.05, 4.69) is 5.32 Å². The summed E-state index contributed by atoms with van der Waals surface area (Å²) < 4.78 is 10.1. The number of nitrogens with one attached hydrogen (secondary N) is 2. The zero-order chi connectivity index (χ0) is 13.4. The lowest BCUT2D eigenvalue weighted by atomic mass is 10.2. The molecule has 0 saturated carbocycles. The Kier molecular flexibility index (Phi) is 5.87. The molecule has 0 aliphatic rings. The predicted molar refractivity (Wildman–Crippen MR) is 68.8 cm³/mol. The average molecular weight is 250 g/mol. The lowest BCUT2D eigenvalue weighted by Gasteiger charge is -2.09. The molecule has 2 N–H and O–H groups in total. The van der Waals surface area contributed by atoms with Crippen LogP contribution in [0.25, 0.3) is 0 Å². The highest BCUT2D eigenvalue weighted by atomic mass is 16.6. The number of amidine groups is 1. The van der Waals surface area contributed by atoms with Crippen molar-refractivity contribution in [3.63, 3.8) is 0 Å². The second-order valence-corrected chi connectivity index (χ2v) is 3.92. The van der Waals surface area contributed by atoms with Gasteiger partial charge in [0.2, 0.25) is 0 Å². The van der Waals surface area contributed by atoms with Gasteiger partial charge in [-0.05, 0) is 13.8 Å². The van der Waals surface area contributed by atoms with E-state index in [4.69, 9.17) is 14.9 Å². The quantitative estimate of drug-likeness (QED) is 0.478. The first-order chi connectivity index (χ1) is 8.59. The molecule has 5 nitrogen and oxygen atoms in total. The summed E-state index contributed by atoms with van der Waals surface area (Å²) in [4.78, 5) is 11.3. The Bertz CT molecular complexity index is 390. The van der Waals surface area contributed by atoms with Gasteiger partial charge in [0, 0.05) is 5.56 Å². The first-order valence-corrected chi connectivity index (χ1v) is 5.79. The van der Waals surface area contributed by atoms with Gasteiger partial charge in [-0.1, -0.05) is 30.3 Å². The van der Waals surface area contributed by atoms with Gasteiger partial charge in [-0.25, -0.2) is 4.79 Å². The lowest BCUT2D eigenvalue weighted by molar-refractivity contribution is 0.0406. The molecule has 5 heteroatoms. The van der Waals surface area contributed by atoms with Crippen molar-refractivity contribution < 1.29 is 14.3 Å². The third-order valence-electron chi connectivity index (χ3n) is 2.06. The molecule has 98 valence electrons. The van der Waals surface area contributed by atoms with E-state index in [9.17, 15) is 4.79 Å². The van der Waals surface area contributed by atoms with Crippen LogP contribution in [0.3, 0.4) is 0 Å². The number of amides is 1. The van der Waals surface area contributed by atoms with Crippen LogP contribution in [0.15, 0.2) is 30.3 Å². The van der Waals surface area contributed by atoms with E-state index in [0.717, 1.165) is 0 Å². The van der Waals surface area contributed by atoms with E-state index < -0.39 is 6.09 Å². The van der Waals surface area contributed by atoms with Gasteiger partial charge >= 0.3 is 6.09 Å². The summed E-state index contributed by atoms with van der Waals surface area (Å²) in [5.74, 6) is 0.0189. The predicted octanol–water partition coefficient (Wildman–Crippen LogP) is 2.16. The number of alkyl carbamates (subject to hydrolysis) is 1. The standard InChI is InChI=1S/C13H18N2O3/c1-10(2)17-8-9-18-13(16)15-12(14)11-6-4-3-5-7-11/h3-7,10H,8-9H2,1-2H3,(H2,14,15,16). The Balaban J connectivity index is 2.26. The number of benzene rings is 1. The van der Waals surface area contributed by atoms with Crippen molar-refractivity contribution in [2.45, 2.75) is 20.0 Å². The monoisotopic (exact) mass is 250 g/mol. The van der Waals surface area contributed by atoms with E-state index >= 15 is 0 Å². The summed E-state index contributed by atoms with van der Waals surface area (Å²) in [6.07, 6.45) is -0.532. The van der Waals surface area contributed by atoms with Gasteiger partial charge in [0.25, 0.3) is 0 Å². The highest BCUT2D eigenvalue weighted by Gasteiger charge is 2.07. The molecule has 1 aromatic carbocycles. The third kappa shape index (κ3) is 5.45. The van der Waals surface area contributed by atoms with Crippen molar-refractivity contribution >= 4 is 11.9 Å². The molecule has 0 bridgehead atoms. The van der Waals surface area contributed by atoms with Gasteiger partial charge in [0.1, 0.15) is 12.4 Å². The Morgan fingerprint density at radius 2 is 1.94 bits per heavy atom. The molecule has 18 heavy (non-hydrogen) atoms. The molecule has 0 heterocycles. The second-order valence-electron chi connectivity index (χ2n) is 3.92. The molecule has 0 aromatic heterocycles. The minimum absolute atomic E-state index is 0.0189. The molecule has 0 aliphatic carbocycles. The maximum absolute atomic E-state index is 11.3. The van der Waals surface area contributed by atoms with Crippen LogP contribution < -0.4 is 5.32 Å². The molecule has 1 rings (SSSR count). The fraction of sp³-hybridized carbons (Fsp3) is 0.385. The molecule has 0 atom stereocenters. The zero-order valence-electron chi connectivity index (χ0n) is 10.6. The van der Waals surface area contributed by atoms with Crippen molar-refractivity contribution in [2.24, 2.45) is 0 Å². The summed E-state index contributed by atoms with van der Waals surface area (Å²) in [7, 11) is 0. The van der Waals surface area contributed by atoms with Crippen LogP contribution in [0.1, 0.15) is 19.4 Å². The minimum atomic E-state index is -0.642. The average Bonchev–Trinajstić information content (AvgIpc) is 2.35. The van der Waals surface area contributed by atoms with Crippen molar-refractivity contribution in [3.05, 3.63) is 35.9 Å². The number of carbonyl (C=O) groups is 1. The topological polar surface area (TPSA) is 71.4 Å². The molecular formula is C13H18N2O3. The van der Waals surface area contributed by atoms with E-state index in [1.165, 1.54) is 0 Å². The molecule has 0 spiro atoms. The number of carbonyl (C=O) groups excluding carboxylic acids is 1. The van der Waals surface area contributed by atoms with E-state index in [1.807, 2.05) is 19.9 Å². The maximum Gasteiger partial charge on any atom is 0.412 e. The van der Waals surface area contributed by atoms with Crippen LogP contribution in [-0.4, -0.2) is 31.2 Å². The highest BCUT2D eigenvalue weighted by Crippen LogP contribution is 1.97.